The molecule has 0 unspecified atom stereocenters. The van der Waals surface area contributed by atoms with Crippen molar-refractivity contribution < 1.29 is 9.21 Å². The third kappa shape index (κ3) is 3.79. The van der Waals surface area contributed by atoms with Gasteiger partial charge in [-0.15, -0.1) is 0 Å². The Balaban J connectivity index is 1.45. The number of aromatic nitrogens is 3. The molecule has 1 aliphatic rings. The second kappa shape index (κ2) is 8.12. The third-order valence-corrected chi connectivity index (χ3v) is 6.06. The number of oxazole rings is 1. The molecule has 0 spiro atoms. The Kier molecular flexibility index (Phi) is 5.16. The molecular formula is C24H21ClN4O2. The number of amides is 1. The molecule has 3 heterocycles. The highest BCUT2D eigenvalue weighted by Crippen LogP contribution is 2.33. The Morgan fingerprint density at radius 3 is 2.74 bits per heavy atom. The molecule has 0 N–H and O–H groups in total. The summed E-state index contributed by atoms with van der Waals surface area (Å²) in [6.07, 6.45) is 5.15. The minimum absolute atomic E-state index is 0.0283. The highest BCUT2D eigenvalue weighted by molar-refractivity contribution is 6.31. The van der Waals surface area contributed by atoms with Crippen molar-refractivity contribution in [2.75, 3.05) is 6.54 Å². The second-order valence-electron chi connectivity index (χ2n) is 7.86. The number of carbonyl (C=O) groups is 1. The molecule has 6 nitrogen and oxygen atoms in total. The molecule has 1 aliphatic heterocycles. The van der Waals surface area contributed by atoms with Crippen LogP contribution in [0.2, 0.25) is 5.02 Å². The van der Waals surface area contributed by atoms with Gasteiger partial charge in [-0.05, 0) is 50.1 Å². The van der Waals surface area contributed by atoms with Gasteiger partial charge in [-0.25, -0.2) is 15.0 Å². The normalized spacial score (nSPS) is 19.0. The molecule has 156 valence electrons. The number of hydrogen-bond donors (Lipinski definition) is 0. The van der Waals surface area contributed by atoms with E-state index in [9.17, 15) is 4.79 Å². The molecule has 2 aromatic heterocycles. The number of nitrogens with zero attached hydrogens (tertiary/aromatic N) is 4. The summed E-state index contributed by atoms with van der Waals surface area (Å²) in [6, 6.07) is 14.8. The van der Waals surface area contributed by atoms with Crippen LogP contribution in [0.4, 0.5) is 0 Å². The zero-order chi connectivity index (χ0) is 21.4. The van der Waals surface area contributed by atoms with Crippen LogP contribution < -0.4 is 0 Å². The quantitative estimate of drug-likeness (QED) is 0.436. The van der Waals surface area contributed by atoms with Crippen LogP contribution in [0.3, 0.4) is 0 Å². The highest BCUT2D eigenvalue weighted by atomic mass is 35.5. The van der Waals surface area contributed by atoms with E-state index in [-0.39, 0.29) is 17.9 Å². The number of carbonyl (C=O) groups excluding carboxylic acids is 1. The third-order valence-electron chi connectivity index (χ3n) is 5.82. The van der Waals surface area contributed by atoms with Gasteiger partial charge in [0.15, 0.2) is 17.3 Å². The molecule has 0 radical (unpaired) electrons. The molecule has 1 fully saturated rings. The fourth-order valence-electron chi connectivity index (χ4n) is 4.14. The number of hydrogen-bond acceptors (Lipinski definition) is 5. The fraction of sp³-hybridized carbons (Fsp3) is 0.250. The van der Waals surface area contributed by atoms with E-state index in [2.05, 4.69) is 21.9 Å². The predicted octanol–water partition coefficient (Wildman–Crippen LogP) is 5.35. The van der Waals surface area contributed by atoms with Crippen molar-refractivity contribution in [1.29, 1.82) is 0 Å². The Morgan fingerprint density at radius 2 is 1.90 bits per heavy atom. The van der Waals surface area contributed by atoms with E-state index in [1.54, 1.807) is 30.6 Å². The van der Waals surface area contributed by atoms with Crippen molar-refractivity contribution in [2.24, 2.45) is 0 Å². The van der Waals surface area contributed by atoms with Gasteiger partial charge < -0.3 is 9.32 Å². The van der Waals surface area contributed by atoms with Gasteiger partial charge >= 0.3 is 0 Å². The Bertz CT molecular complexity index is 1240. The predicted molar refractivity (Wildman–Crippen MR) is 119 cm³/mol. The van der Waals surface area contributed by atoms with Crippen LogP contribution in [-0.4, -0.2) is 38.3 Å². The van der Waals surface area contributed by atoms with Crippen LogP contribution in [0, 0.1) is 0 Å². The fourth-order valence-corrected chi connectivity index (χ4v) is 4.31. The van der Waals surface area contributed by atoms with Crippen LogP contribution in [-0.2, 0) is 0 Å². The van der Waals surface area contributed by atoms with Crippen molar-refractivity contribution in [3.05, 3.63) is 77.4 Å². The lowest BCUT2D eigenvalue weighted by molar-refractivity contribution is 0.0598. The van der Waals surface area contributed by atoms with E-state index in [0.717, 1.165) is 23.9 Å². The number of benzene rings is 2. The average molecular weight is 433 g/mol. The summed E-state index contributed by atoms with van der Waals surface area (Å²) >= 11 is 6.09. The monoisotopic (exact) mass is 432 g/mol. The van der Waals surface area contributed by atoms with E-state index < -0.39 is 0 Å². The van der Waals surface area contributed by atoms with E-state index in [0.29, 0.717) is 34.4 Å². The molecular weight excluding hydrogens is 412 g/mol. The van der Waals surface area contributed by atoms with Gasteiger partial charge in [-0.1, -0.05) is 29.8 Å². The first kappa shape index (κ1) is 19.7. The minimum atomic E-state index is -0.0283. The SMILES string of the molecule is C[C@@H]1CC[C@@H](c2nc3cc(Cl)ccc3o2)CN1C(=O)c1ccccc1-c1ncccn1. The van der Waals surface area contributed by atoms with Crippen molar-refractivity contribution in [3.8, 4) is 11.4 Å². The summed E-state index contributed by atoms with van der Waals surface area (Å²) in [5, 5.41) is 0.626. The molecule has 4 aromatic rings. The number of likely N-dealkylation sites (tertiary alicyclic amines) is 1. The van der Waals surface area contributed by atoms with Gasteiger partial charge in [-0.2, -0.15) is 0 Å². The number of rotatable bonds is 3. The van der Waals surface area contributed by atoms with Crippen molar-refractivity contribution in [2.45, 2.75) is 31.7 Å². The number of piperidine rings is 1. The Morgan fingerprint density at radius 1 is 1.10 bits per heavy atom. The molecule has 0 bridgehead atoms. The first-order chi connectivity index (χ1) is 15.1. The first-order valence-corrected chi connectivity index (χ1v) is 10.7. The van der Waals surface area contributed by atoms with Gasteiger partial charge in [0.2, 0.25) is 0 Å². The minimum Gasteiger partial charge on any atom is -0.440 e. The van der Waals surface area contributed by atoms with Gasteiger partial charge in [0.1, 0.15) is 5.52 Å². The van der Waals surface area contributed by atoms with Crippen molar-refractivity contribution in [3.63, 3.8) is 0 Å². The Labute approximate surface area is 184 Å². The number of halogens is 1. The maximum absolute atomic E-state index is 13.6. The molecule has 0 aliphatic carbocycles. The van der Waals surface area contributed by atoms with Crippen LogP contribution in [0.1, 0.15) is 41.9 Å². The molecule has 2 aromatic carbocycles. The summed E-state index contributed by atoms with van der Waals surface area (Å²) in [7, 11) is 0. The van der Waals surface area contributed by atoms with Gasteiger partial charge in [0, 0.05) is 35.6 Å². The van der Waals surface area contributed by atoms with E-state index in [1.165, 1.54) is 0 Å². The zero-order valence-corrected chi connectivity index (χ0v) is 17.8. The lowest BCUT2D eigenvalue weighted by atomic mass is 9.92. The van der Waals surface area contributed by atoms with Gasteiger partial charge in [0.05, 0.1) is 11.5 Å². The van der Waals surface area contributed by atoms with Crippen LogP contribution in [0.15, 0.2) is 65.3 Å². The molecule has 2 atom stereocenters. The second-order valence-corrected chi connectivity index (χ2v) is 8.30. The molecule has 31 heavy (non-hydrogen) atoms. The van der Waals surface area contributed by atoms with Crippen LogP contribution in [0.25, 0.3) is 22.5 Å². The van der Waals surface area contributed by atoms with Gasteiger partial charge in [0.25, 0.3) is 5.91 Å². The van der Waals surface area contributed by atoms with Crippen LogP contribution in [0.5, 0.6) is 0 Å². The maximum atomic E-state index is 13.6. The summed E-state index contributed by atoms with van der Waals surface area (Å²) in [4.78, 5) is 28.8. The molecule has 1 saturated heterocycles. The molecule has 0 saturated carbocycles. The zero-order valence-electron chi connectivity index (χ0n) is 17.0. The largest absolute Gasteiger partial charge is 0.440 e. The average Bonchev–Trinajstić information content (AvgIpc) is 3.23. The Hall–Kier alpha value is -3.25. The lowest BCUT2D eigenvalue weighted by Crippen LogP contribution is -2.45. The van der Waals surface area contributed by atoms with Crippen LogP contribution >= 0.6 is 11.6 Å². The van der Waals surface area contributed by atoms with Gasteiger partial charge in [-0.3, -0.25) is 4.79 Å². The molecule has 1 amide bonds. The molecule has 5 rings (SSSR count). The first-order valence-electron chi connectivity index (χ1n) is 10.3. The van der Waals surface area contributed by atoms with Crippen molar-refractivity contribution >= 4 is 28.6 Å². The lowest BCUT2D eigenvalue weighted by Gasteiger charge is -2.37. The standard InChI is InChI=1S/C24H21ClN4O2/c1-15-7-8-16(23-28-20-13-17(25)9-10-21(20)31-23)14-29(15)24(30)19-6-3-2-5-18(19)22-26-11-4-12-27-22/h2-6,9-13,15-16H,7-8,14H2,1H3/t15-,16-/m1/s1. The highest BCUT2D eigenvalue weighted by Gasteiger charge is 2.33. The summed E-state index contributed by atoms with van der Waals surface area (Å²) in [5.74, 6) is 1.20. The summed E-state index contributed by atoms with van der Waals surface area (Å²) in [5.41, 5.74) is 2.79. The van der Waals surface area contributed by atoms with Crippen molar-refractivity contribution in [1.82, 2.24) is 19.9 Å². The number of fused-ring (bicyclic) bond motifs is 1. The molecule has 7 heteroatoms. The van der Waals surface area contributed by atoms with E-state index in [1.807, 2.05) is 35.2 Å². The summed E-state index contributed by atoms with van der Waals surface area (Å²) in [6.45, 7) is 2.63. The summed E-state index contributed by atoms with van der Waals surface area (Å²) < 4.78 is 6.00. The topological polar surface area (TPSA) is 72.1 Å². The smallest absolute Gasteiger partial charge is 0.254 e. The maximum Gasteiger partial charge on any atom is 0.254 e. The van der Waals surface area contributed by atoms with E-state index >= 15 is 0 Å². The van der Waals surface area contributed by atoms with E-state index in [4.69, 9.17) is 16.0 Å².